The van der Waals surface area contributed by atoms with Crippen LogP contribution in [0.25, 0.3) is 0 Å². The number of benzene rings is 1. The Kier molecular flexibility index (Phi) is 3.46. The Bertz CT molecular complexity index is 614. The van der Waals surface area contributed by atoms with Crippen LogP contribution in [-0.4, -0.2) is 39.6 Å². The predicted octanol–water partition coefficient (Wildman–Crippen LogP) is 0.378. The van der Waals surface area contributed by atoms with E-state index in [-0.39, 0.29) is 17.1 Å². The molecule has 9 heteroatoms. The Hall–Kier alpha value is -2.84. The van der Waals surface area contributed by atoms with E-state index in [2.05, 4.69) is 30.7 Å². The van der Waals surface area contributed by atoms with Gasteiger partial charge in [0, 0.05) is 0 Å². The first kappa shape index (κ1) is 12.6. The molecule has 1 aromatic carbocycles. The van der Waals surface area contributed by atoms with Crippen LogP contribution < -0.4 is 5.32 Å². The van der Waals surface area contributed by atoms with Crippen LogP contribution in [0.4, 0.5) is 10.1 Å². The Morgan fingerprint density at radius 3 is 2.84 bits per heavy atom. The molecule has 0 radical (unpaired) electrons. The Labute approximate surface area is 106 Å². The van der Waals surface area contributed by atoms with E-state index in [0.29, 0.717) is 0 Å². The number of nitrogens with one attached hydrogen (secondary N) is 2. The van der Waals surface area contributed by atoms with Crippen molar-refractivity contribution in [3.8, 4) is 0 Å². The van der Waals surface area contributed by atoms with Gasteiger partial charge >= 0.3 is 5.97 Å². The number of hydrogen-bond acceptors (Lipinski definition) is 6. The number of tetrazole rings is 1. The summed E-state index contributed by atoms with van der Waals surface area (Å²) in [7, 11) is 1.20. The molecule has 0 spiro atoms. The molecule has 1 aromatic heterocycles. The maximum Gasteiger partial charge on any atom is 0.337 e. The molecule has 2 aromatic rings. The van der Waals surface area contributed by atoms with Crippen LogP contribution in [-0.2, 0) is 4.74 Å². The summed E-state index contributed by atoms with van der Waals surface area (Å²) in [5.41, 5.74) is -0.0787. The van der Waals surface area contributed by atoms with Gasteiger partial charge in [0.1, 0.15) is 5.82 Å². The number of methoxy groups -OCH3 is 1. The SMILES string of the molecule is COC(=O)c1ccc(F)c(NC(=O)c2nn[nH]n2)c1. The quantitative estimate of drug-likeness (QED) is 0.776. The summed E-state index contributed by atoms with van der Waals surface area (Å²) < 4.78 is 18.0. The highest BCUT2D eigenvalue weighted by molar-refractivity contribution is 6.02. The van der Waals surface area contributed by atoms with Gasteiger partial charge in [0.05, 0.1) is 18.4 Å². The van der Waals surface area contributed by atoms with Gasteiger partial charge in [-0.05, 0) is 23.4 Å². The lowest BCUT2D eigenvalue weighted by Gasteiger charge is -2.06. The second-order valence-corrected chi connectivity index (χ2v) is 3.38. The summed E-state index contributed by atoms with van der Waals surface area (Å²) >= 11 is 0. The van der Waals surface area contributed by atoms with Gasteiger partial charge in [0.25, 0.3) is 11.7 Å². The molecule has 2 rings (SSSR count). The van der Waals surface area contributed by atoms with Gasteiger partial charge in [-0.3, -0.25) is 4.79 Å². The normalized spacial score (nSPS) is 10.0. The highest BCUT2D eigenvalue weighted by Crippen LogP contribution is 2.17. The van der Waals surface area contributed by atoms with Gasteiger partial charge in [0.2, 0.25) is 0 Å². The number of aromatic nitrogens is 4. The highest BCUT2D eigenvalue weighted by Gasteiger charge is 2.15. The number of amides is 1. The molecule has 98 valence electrons. The largest absolute Gasteiger partial charge is 0.465 e. The van der Waals surface area contributed by atoms with Crippen molar-refractivity contribution in [1.29, 1.82) is 0 Å². The third kappa shape index (κ3) is 2.70. The second-order valence-electron chi connectivity index (χ2n) is 3.38. The first-order valence-electron chi connectivity index (χ1n) is 5.04. The fraction of sp³-hybridized carbons (Fsp3) is 0.100. The summed E-state index contributed by atoms with van der Waals surface area (Å²) in [6, 6.07) is 3.43. The molecule has 8 nitrogen and oxygen atoms in total. The number of carbonyl (C=O) groups excluding carboxylic acids is 2. The Morgan fingerprint density at radius 2 is 2.21 bits per heavy atom. The van der Waals surface area contributed by atoms with Crippen LogP contribution in [0.5, 0.6) is 0 Å². The first-order chi connectivity index (χ1) is 9.11. The Balaban J connectivity index is 2.24. The molecule has 0 aliphatic rings. The molecule has 1 heterocycles. The molecule has 1 amide bonds. The van der Waals surface area contributed by atoms with Crippen molar-refractivity contribution in [3.63, 3.8) is 0 Å². The number of rotatable bonds is 3. The fourth-order valence-corrected chi connectivity index (χ4v) is 1.30. The molecular formula is C10H8FN5O3. The maximum atomic E-state index is 13.5. The number of aromatic amines is 1. The third-order valence-electron chi connectivity index (χ3n) is 2.18. The molecule has 0 saturated heterocycles. The Morgan fingerprint density at radius 1 is 1.42 bits per heavy atom. The van der Waals surface area contributed by atoms with Gasteiger partial charge in [-0.15, -0.1) is 10.2 Å². The van der Waals surface area contributed by atoms with Crippen molar-refractivity contribution in [2.24, 2.45) is 0 Å². The zero-order valence-corrected chi connectivity index (χ0v) is 9.68. The van der Waals surface area contributed by atoms with Crippen molar-refractivity contribution in [3.05, 3.63) is 35.4 Å². The van der Waals surface area contributed by atoms with Crippen molar-refractivity contribution in [1.82, 2.24) is 20.6 Å². The standard InChI is InChI=1S/C10H8FN5O3/c1-19-10(18)5-2-3-6(11)7(4-5)12-9(17)8-13-15-16-14-8/h2-4H,1H3,(H,12,17)(H,13,14,15,16). The minimum Gasteiger partial charge on any atom is -0.465 e. The topological polar surface area (TPSA) is 110 Å². The van der Waals surface area contributed by atoms with Crippen molar-refractivity contribution < 1.29 is 18.7 Å². The average molecular weight is 265 g/mol. The molecular weight excluding hydrogens is 257 g/mol. The fourth-order valence-electron chi connectivity index (χ4n) is 1.30. The molecule has 19 heavy (non-hydrogen) atoms. The molecule has 0 unspecified atom stereocenters. The lowest BCUT2D eigenvalue weighted by molar-refractivity contribution is 0.0600. The van der Waals surface area contributed by atoms with E-state index in [0.717, 1.165) is 12.1 Å². The molecule has 0 atom stereocenters. The minimum absolute atomic E-state index is 0.104. The summed E-state index contributed by atoms with van der Waals surface area (Å²) in [4.78, 5) is 22.9. The monoisotopic (exact) mass is 265 g/mol. The van der Waals surface area contributed by atoms with E-state index in [1.165, 1.54) is 13.2 Å². The van der Waals surface area contributed by atoms with Gasteiger partial charge in [-0.25, -0.2) is 9.18 Å². The molecule has 0 aliphatic heterocycles. The van der Waals surface area contributed by atoms with E-state index >= 15 is 0 Å². The van der Waals surface area contributed by atoms with Gasteiger partial charge < -0.3 is 10.1 Å². The van der Waals surface area contributed by atoms with Gasteiger partial charge in [0.15, 0.2) is 0 Å². The van der Waals surface area contributed by atoms with Gasteiger partial charge in [-0.2, -0.15) is 5.21 Å². The number of ether oxygens (including phenoxy) is 1. The average Bonchev–Trinajstić information content (AvgIpc) is 2.94. The van der Waals surface area contributed by atoms with E-state index in [1.54, 1.807) is 0 Å². The van der Waals surface area contributed by atoms with Crippen LogP contribution in [0, 0.1) is 5.82 Å². The molecule has 0 aliphatic carbocycles. The van der Waals surface area contributed by atoms with E-state index in [1.807, 2.05) is 0 Å². The van der Waals surface area contributed by atoms with Gasteiger partial charge in [-0.1, -0.05) is 0 Å². The third-order valence-corrected chi connectivity index (χ3v) is 2.18. The van der Waals surface area contributed by atoms with Crippen LogP contribution in [0.15, 0.2) is 18.2 Å². The van der Waals surface area contributed by atoms with Crippen LogP contribution >= 0.6 is 0 Å². The molecule has 2 N–H and O–H groups in total. The second kappa shape index (κ2) is 5.21. The number of anilines is 1. The van der Waals surface area contributed by atoms with Crippen LogP contribution in [0.3, 0.4) is 0 Å². The smallest absolute Gasteiger partial charge is 0.337 e. The van der Waals surface area contributed by atoms with Crippen molar-refractivity contribution in [2.45, 2.75) is 0 Å². The molecule has 0 saturated carbocycles. The number of carbonyl (C=O) groups is 2. The van der Waals surface area contributed by atoms with Crippen LogP contribution in [0.2, 0.25) is 0 Å². The van der Waals surface area contributed by atoms with E-state index < -0.39 is 17.7 Å². The highest BCUT2D eigenvalue weighted by atomic mass is 19.1. The van der Waals surface area contributed by atoms with Crippen molar-refractivity contribution in [2.75, 3.05) is 12.4 Å². The van der Waals surface area contributed by atoms with Crippen molar-refractivity contribution >= 4 is 17.6 Å². The van der Waals surface area contributed by atoms with E-state index in [9.17, 15) is 14.0 Å². The minimum atomic E-state index is -0.755. The lowest BCUT2D eigenvalue weighted by atomic mass is 10.2. The number of hydrogen-bond donors (Lipinski definition) is 2. The first-order valence-corrected chi connectivity index (χ1v) is 5.04. The molecule has 0 fully saturated rings. The summed E-state index contributed by atoms with van der Waals surface area (Å²) in [6.45, 7) is 0. The number of halogens is 1. The summed E-state index contributed by atoms with van der Waals surface area (Å²) in [5, 5.41) is 14.4. The molecule has 0 bridgehead atoms. The summed E-state index contributed by atoms with van der Waals surface area (Å²) in [6.07, 6.45) is 0. The maximum absolute atomic E-state index is 13.5. The van der Waals surface area contributed by atoms with Crippen LogP contribution in [0.1, 0.15) is 21.0 Å². The number of esters is 1. The number of nitrogens with zero attached hydrogens (tertiary/aromatic N) is 3. The zero-order valence-electron chi connectivity index (χ0n) is 9.68. The van der Waals surface area contributed by atoms with E-state index in [4.69, 9.17) is 0 Å². The zero-order chi connectivity index (χ0) is 13.8. The summed E-state index contributed by atoms with van der Waals surface area (Å²) in [5.74, 6) is -2.35. The number of H-pyrrole nitrogens is 1. The lowest BCUT2D eigenvalue weighted by Crippen LogP contribution is -2.15. The predicted molar refractivity (Wildman–Crippen MR) is 59.9 cm³/mol.